The summed E-state index contributed by atoms with van der Waals surface area (Å²) in [5, 5.41) is 5.08. The quantitative estimate of drug-likeness (QED) is 0.923. The molecule has 0 saturated heterocycles. The highest BCUT2D eigenvalue weighted by molar-refractivity contribution is 7.10. The van der Waals surface area contributed by atoms with E-state index in [9.17, 15) is 9.59 Å². The van der Waals surface area contributed by atoms with E-state index in [1.807, 2.05) is 17.5 Å². The first kappa shape index (κ1) is 15.5. The Morgan fingerprint density at radius 1 is 1.33 bits per heavy atom. The molecule has 2 aromatic rings. The molecule has 2 rings (SSSR count). The minimum Gasteiger partial charge on any atom is -0.344 e. The van der Waals surface area contributed by atoms with Crippen molar-refractivity contribution in [3.8, 4) is 0 Å². The molecule has 0 aliphatic heterocycles. The van der Waals surface area contributed by atoms with Crippen LogP contribution in [0.1, 0.15) is 41.5 Å². The second-order valence-electron chi connectivity index (χ2n) is 5.54. The van der Waals surface area contributed by atoms with Crippen molar-refractivity contribution in [2.24, 2.45) is 13.0 Å². The van der Waals surface area contributed by atoms with Gasteiger partial charge in [0.25, 0.3) is 5.91 Å². The SMILES string of the molecule is CC(C)C[C@H](NC(=O)c1ccc(=O)n(C)c1)c1cccs1. The van der Waals surface area contributed by atoms with Gasteiger partial charge in [-0.3, -0.25) is 9.59 Å². The highest BCUT2D eigenvalue weighted by atomic mass is 32.1. The Labute approximate surface area is 128 Å². The molecular formula is C16H20N2O2S. The zero-order valence-corrected chi connectivity index (χ0v) is 13.3. The molecule has 1 amide bonds. The van der Waals surface area contributed by atoms with Crippen molar-refractivity contribution in [3.63, 3.8) is 0 Å². The molecule has 21 heavy (non-hydrogen) atoms. The molecule has 0 fully saturated rings. The van der Waals surface area contributed by atoms with E-state index in [4.69, 9.17) is 0 Å². The number of pyridine rings is 1. The Bertz CT molecular complexity index is 659. The normalized spacial score (nSPS) is 12.4. The predicted octanol–water partition coefficient (Wildman–Crippen LogP) is 2.96. The monoisotopic (exact) mass is 304 g/mol. The van der Waals surface area contributed by atoms with Gasteiger partial charge in [0.15, 0.2) is 0 Å². The lowest BCUT2D eigenvalue weighted by atomic mass is 10.0. The summed E-state index contributed by atoms with van der Waals surface area (Å²) in [5.41, 5.74) is 0.381. The predicted molar refractivity (Wildman–Crippen MR) is 85.7 cm³/mol. The van der Waals surface area contributed by atoms with Gasteiger partial charge in [0.05, 0.1) is 11.6 Å². The number of aryl methyl sites for hydroxylation is 1. The Morgan fingerprint density at radius 3 is 2.67 bits per heavy atom. The van der Waals surface area contributed by atoms with Crippen molar-refractivity contribution in [1.82, 2.24) is 9.88 Å². The van der Waals surface area contributed by atoms with Crippen molar-refractivity contribution < 1.29 is 4.79 Å². The van der Waals surface area contributed by atoms with Gasteiger partial charge < -0.3 is 9.88 Å². The zero-order chi connectivity index (χ0) is 15.4. The summed E-state index contributed by atoms with van der Waals surface area (Å²) >= 11 is 1.65. The molecule has 1 atom stereocenters. The highest BCUT2D eigenvalue weighted by Gasteiger charge is 2.18. The van der Waals surface area contributed by atoms with Crippen LogP contribution < -0.4 is 10.9 Å². The van der Waals surface area contributed by atoms with Crippen molar-refractivity contribution in [1.29, 1.82) is 0 Å². The molecule has 0 aromatic carbocycles. The third-order valence-electron chi connectivity index (χ3n) is 3.25. The number of nitrogens with zero attached hydrogens (tertiary/aromatic N) is 1. The molecule has 0 radical (unpaired) electrons. The third kappa shape index (κ3) is 4.04. The van der Waals surface area contributed by atoms with Gasteiger partial charge >= 0.3 is 0 Å². The molecule has 0 unspecified atom stereocenters. The van der Waals surface area contributed by atoms with Gasteiger partial charge in [-0.2, -0.15) is 0 Å². The Morgan fingerprint density at radius 2 is 2.10 bits per heavy atom. The second kappa shape index (κ2) is 6.72. The minimum absolute atomic E-state index is 0.00901. The van der Waals surface area contributed by atoms with Crippen LogP contribution in [0.5, 0.6) is 0 Å². The number of carbonyl (C=O) groups is 1. The van der Waals surface area contributed by atoms with E-state index in [0.717, 1.165) is 11.3 Å². The molecule has 0 aliphatic rings. The largest absolute Gasteiger partial charge is 0.344 e. The number of amides is 1. The topological polar surface area (TPSA) is 51.1 Å². The first-order valence-electron chi connectivity index (χ1n) is 6.98. The minimum atomic E-state index is -0.148. The lowest BCUT2D eigenvalue weighted by Crippen LogP contribution is -2.30. The summed E-state index contributed by atoms with van der Waals surface area (Å²) in [6.07, 6.45) is 2.45. The van der Waals surface area contributed by atoms with Crippen LogP contribution in [0.3, 0.4) is 0 Å². The summed E-state index contributed by atoms with van der Waals surface area (Å²) in [5.74, 6) is 0.335. The van der Waals surface area contributed by atoms with Crippen LogP contribution in [-0.2, 0) is 7.05 Å². The molecule has 5 heteroatoms. The van der Waals surface area contributed by atoms with Crippen LogP contribution in [0.2, 0.25) is 0 Å². The van der Waals surface area contributed by atoms with Crippen LogP contribution >= 0.6 is 11.3 Å². The fourth-order valence-electron chi connectivity index (χ4n) is 2.18. The van der Waals surface area contributed by atoms with Gasteiger partial charge in [0.2, 0.25) is 5.56 Å². The molecule has 0 saturated carbocycles. The molecule has 112 valence electrons. The lowest BCUT2D eigenvalue weighted by Gasteiger charge is -2.19. The van der Waals surface area contributed by atoms with E-state index < -0.39 is 0 Å². The molecular weight excluding hydrogens is 284 g/mol. The van der Waals surface area contributed by atoms with Crippen LogP contribution in [0, 0.1) is 5.92 Å². The average Bonchev–Trinajstić information content (AvgIpc) is 2.94. The maximum atomic E-state index is 12.4. The number of thiophene rings is 1. The number of aromatic nitrogens is 1. The van der Waals surface area contributed by atoms with E-state index in [-0.39, 0.29) is 17.5 Å². The fraction of sp³-hybridized carbons (Fsp3) is 0.375. The maximum Gasteiger partial charge on any atom is 0.253 e. The van der Waals surface area contributed by atoms with Gasteiger partial charge in [0.1, 0.15) is 0 Å². The number of nitrogens with one attached hydrogen (secondary N) is 1. The smallest absolute Gasteiger partial charge is 0.253 e. The average molecular weight is 304 g/mol. The van der Waals surface area contributed by atoms with Crippen molar-refractivity contribution in [3.05, 3.63) is 56.6 Å². The van der Waals surface area contributed by atoms with Gasteiger partial charge in [-0.25, -0.2) is 0 Å². The fourth-order valence-corrected chi connectivity index (χ4v) is 2.97. The van der Waals surface area contributed by atoms with Crippen molar-refractivity contribution >= 4 is 17.2 Å². The summed E-state index contributed by atoms with van der Waals surface area (Å²) < 4.78 is 1.41. The molecule has 2 heterocycles. The van der Waals surface area contributed by atoms with E-state index in [1.54, 1.807) is 30.6 Å². The Balaban J connectivity index is 2.17. The van der Waals surface area contributed by atoms with Crippen LogP contribution in [0.25, 0.3) is 0 Å². The number of hydrogen-bond acceptors (Lipinski definition) is 3. The third-order valence-corrected chi connectivity index (χ3v) is 4.23. The Hall–Kier alpha value is -1.88. The molecule has 4 nitrogen and oxygen atoms in total. The number of hydrogen-bond donors (Lipinski definition) is 1. The van der Waals surface area contributed by atoms with E-state index in [2.05, 4.69) is 19.2 Å². The van der Waals surface area contributed by atoms with Crippen LogP contribution in [0.4, 0.5) is 0 Å². The molecule has 0 bridgehead atoms. The second-order valence-corrected chi connectivity index (χ2v) is 6.52. The van der Waals surface area contributed by atoms with Crippen LogP contribution in [0.15, 0.2) is 40.6 Å². The molecule has 2 aromatic heterocycles. The van der Waals surface area contributed by atoms with E-state index in [1.165, 1.54) is 10.6 Å². The highest BCUT2D eigenvalue weighted by Crippen LogP contribution is 2.25. The maximum absolute atomic E-state index is 12.4. The number of carbonyl (C=O) groups excluding carboxylic acids is 1. The summed E-state index contributed by atoms with van der Waals surface area (Å²) in [6, 6.07) is 7.02. The molecule has 0 spiro atoms. The number of rotatable bonds is 5. The Kier molecular flexibility index (Phi) is 4.96. The van der Waals surface area contributed by atoms with Gasteiger partial charge in [-0.05, 0) is 29.9 Å². The molecule has 1 N–H and O–H groups in total. The zero-order valence-electron chi connectivity index (χ0n) is 12.5. The van der Waals surface area contributed by atoms with Crippen LogP contribution in [-0.4, -0.2) is 10.5 Å². The van der Waals surface area contributed by atoms with E-state index >= 15 is 0 Å². The summed E-state index contributed by atoms with van der Waals surface area (Å²) in [4.78, 5) is 24.9. The lowest BCUT2D eigenvalue weighted by molar-refractivity contribution is 0.0932. The van der Waals surface area contributed by atoms with E-state index in [0.29, 0.717) is 11.5 Å². The van der Waals surface area contributed by atoms with Gasteiger partial charge in [-0.15, -0.1) is 11.3 Å². The standard InChI is InChI=1S/C16H20N2O2S/c1-11(2)9-13(14-5-4-8-21-14)17-16(20)12-6-7-15(19)18(3)10-12/h4-8,10-11,13H,9H2,1-3H3,(H,17,20)/t13-/m0/s1. The van der Waals surface area contributed by atoms with Gasteiger partial charge in [0, 0.05) is 24.2 Å². The summed E-state index contributed by atoms with van der Waals surface area (Å²) in [6.45, 7) is 4.28. The van der Waals surface area contributed by atoms with Crippen molar-refractivity contribution in [2.75, 3.05) is 0 Å². The van der Waals surface area contributed by atoms with Crippen molar-refractivity contribution in [2.45, 2.75) is 26.3 Å². The first-order chi connectivity index (χ1) is 9.97. The first-order valence-corrected chi connectivity index (χ1v) is 7.86. The molecule has 0 aliphatic carbocycles. The summed E-state index contributed by atoms with van der Waals surface area (Å²) in [7, 11) is 1.64. The van der Waals surface area contributed by atoms with Gasteiger partial charge in [-0.1, -0.05) is 19.9 Å².